The minimum absolute atomic E-state index is 0.235. The molecule has 1 amide bonds. The van der Waals surface area contributed by atoms with E-state index < -0.39 is 0 Å². The van der Waals surface area contributed by atoms with Crippen molar-refractivity contribution < 1.29 is 4.79 Å². The van der Waals surface area contributed by atoms with Gasteiger partial charge in [-0.2, -0.15) is 0 Å². The average molecular weight is 341 g/mol. The molecule has 2 aliphatic rings. The maximum absolute atomic E-state index is 12.2. The number of hydrogen-bond acceptors (Lipinski definition) is 1. The molecule has 3 heteroatoms. The number of carbonyl (C=O) groups is 1. The van der Waals surface area contributed by atoms with Gasteiger partial charge in [0.05, 0.1) is 0 Å². The molecule has 90 valence electrons. The minimum atomic E-state index is 0.235. The van der Waals surface area contributed by atoms with Gasteiger partial charge in [-0.3, -0.25) is 4.79 Å². The van der Waals surface area contributed by atoms with Gasteiger partial charge in [0.2, 0.25) is 5.91 Å². The van der Waals surface area contributed by atoms with E-state index in [0.29, 0.717) is 5.92 Å². The first-order chi connectivity index (χ1) is 8.22. The van der Waals surface area contributed by atoms with Gasteiger partial charge < -0.3 is 5.32 Å². The van der Waals surface area contributed by atoms with Gasteiger partial charge in [0, 0.05) is 15.2 Å². The lowest BCUT2D eigenvalue weighted by Gasteiger charge is -2.20. The summed E-state index contributed by atoms with van der Waals surface area (Å²) in [5, 5.41) is 3.05. The lowest BCUT2D eigenvalue weighted by atomic mass is 9.88. The highest BCUT2D eigenvalue weighted by atomic mass is 127. The number of rotatable bonds is 2. The van der Waals surface area contributed by atoms with Gasteiger partial charge in [0.1, 0.15) is 0 Å². The van der Waals surface area contributed by atoms with Gasteiger partial charge >= 0.3 is 0 Å². The van der Waals surface area contributed by atoms with Crippen LogP contribution >= 0.6 is 22.6 Å². The molecule has 2 aliphatic carbocycles. The number of anilines is 1. The Morgan fingerprint density at radius 1 is 1.18 bits per heavy atom. The molecule has 2 saturated carbocycles. The summed E-state index contributed by atoms with van der Waals surface area (Å²) in [6.45, 7) is 0. The van der Waals surface area contributed by atoms with Crippen molar-refractivity contribution in [2.24, 2.45) is 17.8 Å². The van der Waals surface area contributed by atoms with Gasteiger partial charge in [-0.05, 0) is 78.0 Å². The standard InChI is InChI=1S/C14H16INO/c15-11-3-5-12(6-4-11)16-14(17)13-8-9-1-2-10(13)7-9/h3-6,9-10,13H,1-2,7-8H2,(H,16,17)/t9-,10+,13+/m1/s1. The summed E-state index contributed by atoms with van der Waals surface area (Å²) < 4.78 is 1.19. The molecule has 0 saturated heterocycles. The zero-order valence-electron chi connectivity index (χ0n) is 9.66. The molecule has 1 N–H and O–H groups in total. The molecule has 0 aromatic heterocycles. The van der Waals surface area contributed by atoms with E-state index in [1.54, 1.807) is 0 Å². The summed E-state index contributed by atoms with van der Waals surface area (Å²) in [6, 6.07) is 8.01. The van der Waals surface area contributed by atoms with Crippen LogP contribution in [0.15, 0.2) is 24.3 Å². The van der Waals surface area contributed by atoms with Crippen LogP contribution in [-0.2, 0) is 4.79 Å². The highest BCUT2D eigenvalue weighted by Gasteiger charge is 2.42. The molecule has 17 heavy (non-hydrogen) atoms. The summed E-state index contributed by atoms with van der Waals surface area (Å²) in [4.78, 5) is 12.2. The molecule has 2 nitrogen and oxygen atoms in total. The van der Waals surface area contributed by atoms with Crippen LogP contribution in [0.1, 0.15) is 25.7 Å². The monoisotopic (exact) mass is 341 g/mol. The van der Waals surface area contributed by atoms with E-state index in [1.807, 2.05) is 24.3 Å². The lowest BCUT2D eigenvalue weighted by molar-refractivity contribution is -0.121. The number of halogens is 1. The third kappa shape index (κ3) is 2.34. The number of hydrogen-bond donors (Lipinski definition) is 1. The summed E-state index contributed by atoms with van der Waals surface area (Å²) in [7, 11) is 0. The Morgan fingerprint density at radius 3 is 2.53 bits per heavy atom. The zero-order chi connectivity index (χ0) is 11.8. The molecule has 0 aliphatic heterocycles. The molecule has 2 fully saturated rings. The first-order valence-electron chi connectivity index (χ1n) is 6.29. The molecule has 1 aromatic rings. The van der Waals surface area contributed by atoms with Crippen LogP contribution in [0.25, 0.3) is 0 Å². The fraction of sp³-hybridized carbons (Fsp3) is 0.500. The predicted octanol–water partition coefficient (Wildman–Crippen LogP) is 3.67. The smallest absolute Gasteiger partial charge is 0.227 e. The Hall–Kier alpha value is -0.580. The Bertz CT molecular complexity index is 428. The molecule has 3 rings (SSSR count). The second-order valence-electron chi connectivity index (χ2n) is 5.28. The van der Waals surface area contributed by atoms with Crippen LogP contribution in [0, 0.1) is 21.3 Å². The normalized spacial score (nSPS) is 30.5. The topological polar surface area (TPSA) is 29.1 Å². The van der Waals surface area contributed by atoms with Crippen LogP contribution < -0.4 is 5.32 Å². The molecule has 3 atom stereocenters. The number of nitrogens with one attached hydrogen (secondary N) is 1. The minimum Gasteiger partial charge on any atom is -0.326 e. The quantitative estimate of drug-likeness (QED) is 0.818. The van der Waals surface area contributed by atoms with Crippen molar-refractivity contribution in [3.63, 3.8) is 0 Å². The number of carbonyl (C=O) groups excluding carboxylic acids is 1. The van der Waals surface area contributed by atoms with Crippen LogP contribution in [0.3, 0.4) is 0 Å². The van der Waals surface area contributed by atoms with E-state index in [-0.39, 0.29) is 11.8 Å². The number of fused-ring (bicyclic) bond motifs is 2. The number of amides is 1. The molecule has 0 radical (unpaired) electrons. The summed E-state index contributed by atoms with van der Waals surface area (Å²) >= 11 is 2.27. The van der Waals surface area contributed by atoms with Crippen LogP contribution in [0.5, 0.6) is 0 Å². The van der Waals surface area contributed by atoms with Crippen LogP contribution in [-0.4, -0.2) is 5.91 Å². The first-order valence-corrected chi connectivity index (χ1v) is 7.36. The van der Waals surface area contributed by atoms with E-state index in [4.69, 9.17) is 0 Å². The molecule has 0 unspecified atom stereocenters. The summed E-state index contributed by atoms with van der Waals surface area (Å²) in [5.41, 5.74) is 0.929. The Balaban J connectivity index is 1.65. The van der Waals surface area contributed by atoms with E-state index >= 15 is 0 Å². The Labute approximate surface area is 115 Å². The first kappa shape index (κ1) is 11.5. The fourth-order valence-electron chi connectivity index (χ4n) is 3.33. The third-order valence-electron chi connectivity index (χ3n) is 4.19. The van der Waals surface area contributed by atoms with E-state index in [9.17, 15) is 4.79 Å². The van der Waals surface area contributed by atoms with Gasteiger partial charge in [-0.1, -0.05) is 6.42 Å². The zero-order valence-corrected chi connectivity index (χ0v) is 11.8. The van der Waals surface area contributed by atoms with Crippen molar-refractivity contribution in [3.05, 3.63) is 27.8 Å². The van der Waals surface area contributed by atoms with Crippen molar-refractivity contribution in [3.8, 4) is 0 Å². The SMILES string of the molecule is O=C(Nc1ccc(I)cc1)[C@H]1C[C@@H]2CC[C@H]1C2. The second kappa shape index (κ2) is 4.59. The molecule has 0 heterocycles. The Morgan fingerprint density at radius 2 is 1.94 bits per heavy atom. The Kier molecular flexibility index (Phi) is 3.11. The molecular formula is C14H16INO. The fourth-order valence-corrected chi connectivity index (χ4v) is 3.69. The third-order valence-corrected chi connectivity index (χ3v) is 4.91. The predicted molar refractivity (Wildman–Crippen MR) is 76.7 cm³/mol. The highest BCUT2D eigenvalue weighted by Crippen LogP contribution is 2.48. The van der Waals surface area contributed by atoms with Gasteiger partial charge in [0.25, 0.3) is 0 Å². The maximum Gasteiger partial charge on any atom is 0.227 e. The molecular weight excluding hydrogens is 325 g/mol. The molecule has 0 spiro atoms. The molecule has 1 aromatic carbocycles. The van der Waals surface area contributed by atoms with E-state index in [1.165, 1.54) is 22.8 Å². The van der Waals surface area contributed by atoms with Crippen molar-refractivity contribution >= 4 is 34.2 Å². The van der Waals surface area contributed by atoms with E-state index in [0.717, 1.165) is 18.0 Å². The van der Waals surface area contributed by atoms with Crippen LogP contribution in [0.2, 0.25) is 0 Å². The number of benzene rings is 1. The van der Waals surface area contributed by atoms with Gasteiger partial charge in [0.15, 0.2) is 0 Å². The summed E-state index contributed by atoms with van der Waals surface area (Å²) in [6.07, 6.45) is 5.00. The molecule has 2 bridgehead atoms. The van der Waals surface area contributed by atoms with Crippen LogP contribution in [0.4, 0.5) is 5.69 Å². The van der Waals surface area contributed by atoms with Gasteiger partial charge in [-0.25, -0.2) is 0 Å². The van der Waals surface area contributed by atoms with Crippen molar-refractivity contribution in [1.82, 2.24) is 0 Å². The second-order valence-corrected chi connectivity index (χ2v) is 6.52. The average Bonchev–Trinajstić information content (AvgIpc) is 2.94. The van der Waals surface area contributed by atoms with E-state index in [2.05, 4.69) is 27.9 Å². The largest absolute Gasteiger partial charge is 0.326 e. The highest BCUT2D eigenvalue weighted by molar-refractivity contribution is 14.1. The van der Waals surface area contributed by atoms with Crippen molar-refractivity contribution in [2.75, 3.05) is 5.32 Å². The maximum atomic E-state index is 12.2. The van der Waals surface area contributed by atoms with Crippen molar-refractivity contribution in [1.29, 1.82) is 0 Å². The lowest BCUT2D eigenvalue weighted by Crippen LogP contribution is -2.27. The van der Waals surface area contributed by atoms with Gasteiger partial charge in [-0.15, -0.1) is 0 Å². The van der Waals surface area contributed by atoms with Crippen molar-refractivity contribution in [2.45, 2.75) is 25.7 Å². The summed E-state index contributed by atoms with van der Waals surface area (Å²) in [5.74, 6) is 1.99.